The molecule has 2 heterocycles. The van der Waals surface area contributed by atoms with Crippen molar-refractivity contribution in [3.63, 3.8) is 0 Å². The normalized spacial score (nSPS) is 27.9. The minimum atomic E-state index is -0.769. The van der Waals surface area contributed by atoms with E-state index >= 15 is 0 Å². The lowest BCUT2D eigenvalue weighted by molar-refractivity contribution is -0.126. The molecule has 0 spiro atoms. The Hall–Kier alpha value is -0.950. The van der Waals surface area contributed by atoms with Gasteiger partial charge in [0.2, 0.25) is 0 Å². The second kappa shape index (κ2) is 7.00. The van der Waals surface area contributed by atoms with Crippen LogP contribution in [0.1, 0.15) is 19.0 Å². The molecule has 0 aliphatic carbocycles. The van der Waals surface area contributed by atoms with E-state index in [1.807, 2.05) is 6.20 Å². The van der Waals surface area contributed by atoms with E-state index in [2.05, 4.69) is 21.8 Å². The molecule has 1 aliphatic heterocycles. The van der Waals surface area contributed by atoms with Gasteiger partial charge in [-0.05, 0) is 13.0 Å². The average molecular weight is 269 g/mol. The quantitative estimate of drug-likeness (QED) is 0.677. The summed E-state index contributed by atoms with van der Waals surface area (Å²) in [5.41, 5.74) is 1.06. The molecule has 0 bridgehead atoms. The number of aliphatic hydroxyl groups is 2. The van der Waals surface area contributed by atoms with Gasteiger partial charge in [0.1, 0.15) is 6.10 Å². The average Bonchev–Trinajstić information content (AvgIpc) is 2.88. The SMILES string of the molecule is CCCN(Cc1cnc[nH]1)C[C@@H]1COC[C@@H](O)[C@H]1O. The van der Waals surface area contributed by atoms with E-state index in [1.54, 1.807) is 6.33 Å². The number of aromatic nitrogens is 2. The van der Waals surface area contributed by atoms with Gasteiger partial charge in [0, 0.05) is 30.9 Å². The summed E-state index contributed by atoms with van der Waals surface area (Å²) in [6.45, 7) is 5.28. The van der Waals surface area contributed by atoms with Crippen LogP contribution in [-0.4, -0.2) is 63.6 Å². The molecular formula is C13H23N3O3. The summed E-state index contributed by atoms with van der Waals surface area (Å²) in [5, 5.41) is 19.6. The van der Waals surface area contributed by atoms with Gasteiger partial charge in [-0.15, -0.1) is 0 Å². The van der Waals surface area contributed by atoms with Crippen molar-refractivity contribution in [2.24, 2.45) is 5.92 Å². The first kappa shape index (κ1) is 14.5. The zero-order valence-electron chi connectivity index (χ0n) is 11.3. The number of rotatable bonds is 6. The lowest BCUT2D eigenvalue weighted by Gasteiger charge is -2.35. The van der Waals surface area contributed by atoms with Gasteiger partial charge >= 0.3 is 0 Å². The van der Waals surface area contributed by atoms with Crippen LogP contribution in [0.2, 0.25) is 0 Å². The fraction of sp³-hybridized carbons (Fsp3) is 0.769. The fourth-order valence-corrected chi connectivity index (χ4v) is 2.51. The topological polar surface area (TPSA) is 81.6 Å². The Balaban J connectivity index is 1.91. The van der Waals surface area contributed by atoms with E-state index in [4.69, 9.17) is 4.74 Å². The minimum Gasteiger partial charge on any atom is -0.390 e. The predicted molar refractivity (Wildman–Crippen MR) is 70.5 cm³/mol. The maximum atomic E-state index is 10.0. The van der Waals surface area contributed by atoms with Crippen molar-refractivity contribution in [2.75, 3.05) is 26.3 Å². The molecule has 1 saturated heterocycles. The summed E-state index contributed by atoms with van der Waals surface area (Å²) in [6, 6.07) is 0. The van der Waals surface area contributed by atoms with Gasteiger partial charge < -0.3 is 19.9 Å². The second-order valence-corrected chi connectivity index (χ2v) is 5.17. The third-order valence-corrected chi connectivity index (χ3v) is 3.48. The number of H-pyrrole nitrogens is 1. The Morgan fingerprint density at radius 1 is 1.47 bits per heavy atom. The summed E-state index contributed by atoms with van der Waals surface area (Å²) in [4.78, 5) is 9.35. The van der Waals surface area contributed by atoms with E-state index in [0.717, 1.165) is 25.2 Å². The van der Waals surface area contributed by atoms with Gasteiger partial charge in [0.15, 0.2) is 0 Å². The van der Waals surface area contributed by atoms with Gasteiger partial charge in [0.25, 0.3) is 0 Å². The molecule has 0 saturated carbocycles. The van der Waals surface area contributed by atoms with Crippen LogP contribution < -0.4 is 0 Å². The number of nitrogens with zero attached hydrogens (tertiary/aromatic N) is 2. The third-order valence-electron chi connectivity index (χ3n) is 3.48. The highest BCUT2D eigenvalue weighted by Gasteiger charge is 2.32. The van der Waals surface area contributed by atoms with Crippen molar-refractivity contribution < 1.29 is 14.9 Å². The van der Waals surface area contributed by atoms with Crippen LogP contribution in [0.25, 0.3) is 0 Å². The zero-order chi connectivity index (χ0) is 13.7. The summed E-state index contributed by atoms with van der Waals surface area (Å²) in [6.07, 6.45) is 3.05. The van der Waals surface area contributed by atoms with E-state index in [1.165, 1.54) is 0 Å². The first-order chi connectivity index (χ1) is 9.20. The van der Waals surface area contributed by atoms with E-state index in [-0.39, 0.29) is 12.5 Å². The first-order valence-electron chi connectivity index (χ1n) is 6.84. The van der Waals surface area contributed by atoms with Crippen molar-refractivity contribution >= 4 is 0 Å². The molecule has 0 aromatic carbocycles. The van der Waals surface area contributed by atoms with Crippen molar-refractivity contribution in [3.05, 3.63) is 18.2 Å². The number of hydrogen-bond acceptors (Lipinski definition) is 5. The second-order valence-electron chi connectivity index (χ2n) is 5.17. The van der Waals surface area contributed by atoms with Crippen molar-refractivity contribution in [1.29, 1.82) is 0 Å². The molecule has 1 aromatic heterocycles. The van der Waals surface area contributed by atoms with Gasteiger partial charge in [-0.1, -0.05) is 6.92 Å². The van der Waals surface area contributed by atoms with Crippen LogP contribution in [0.15, 0.2) is 12.5 Å². The smallest absolute Gasteiger partial charge is 0.104 e. The number of hydrogen-bond donors (Lipinski definition) is 3. The Bertz CT molecular complexity index is 358. The van der Waals surface area contributed by atoms with Crippen LogP contribution >= 0.6 is 0 Å². The lowest BCUT2D eigenvalue weighted by Crippen LogP contribution is -2.48. The standard InChI is InChI=1S/C13H23N3O3/c1-2-3-16(6-11-4-14-9-15-11)5-10-7-19-8-12(17)13(10)18/h4,9-10,12-13,17-18H,2-3,5-8H2,1H3,(H,14,15)/t10-,12-,13+/m1/s1. The molecule has 0 unspecified atom stereocenters. The summed E-state index contributed by atoms with van der Waals surface area (Å²) < 4.78 is 5.32. The number of aromatic amines is 1. The van der Waals surface area contributed by atoms with Gasteiger partial charge in [-0.2, -0.15) is 0 Å². The Labute approximate surface area is 113 Å². The molecule has 2 rings (SSSR count). The monoisotopic (exact) mass is 269 g/mol. The number of imidazole rings is 1. The van der Waals surface area contributed by atoms with Crippen molar-refractivity contribution in [3.8, 4) is 0 Å². The Morgan fingerprint density at radius 3 is 3.00 bits per heavy atom. The summed E-state index contributed by atoms with van der Waals surface area (Å²) in [5.74, 6) is -0.0433. The van der Waals surface area contributed by atoms with Gasteiger partial charge in [0.05, 0.1) is 25.6 Å². The molecule has 0 amide bonds. The molecule has 1 fully saturated rings. The number of aliphatic hydroxyl groups excluding tert-OH is 2. The zero-order valence-corrected chi connectivity index (χ0v) is 11.3. The maximum absolute atomic E-state index is 10.0. The fourth-order valence-electron chi connectivity index (χ4n) is 2.51. The van der Waals surface area contributed by atoms with Crippen LogP contribution in [0, 0.1) is 5.92 Å². The van der Waals surface area contributed by atoms with Crippen LogP contribution in [0.3, 0.4) is 0 Å². The first-order valence-corrected chi connectivity index (χ1v) is 6.84. The lowest BCUT2D eigenvalue weighted by atomic mass is 9.96. The Kier molecular flexibility index (Phi) is 5.33. The van der Waals surface area contributed by atoms with Crippen molar-refractivity contribution in [2.45, 2.75) is 32.1 Å². The molecule has 0 radical (unpaired) electrons. The largest absolute Gasteiger partial charge is 0.390 e. The third kappa shape index (κ3) is 4.01. The van der Waals surface area contributed by atoms with Crippen molar-refractivity contribution in [1.82, 2.24) is 14.9 Å². The molecular weight excluding hydrogens is 246 g/mol. The number of nitrogens with one attached hydrogen (secondary N) is 1. The van der Waals surface area contributed by atoms with E-state index in [0.29, 0.717) is 13.2 Å². The molecule has 3 atom stereocenters. The number of ether oxygens (including phenoxy) is 1. The Morgan fingerprint density at radius 2 is 2.32 bits per heavy atom. The minimum absolute atomic E-state index is 0.0433. The highest BCUT2D eigenvalue weighted by molar-refractivity contribution is 4.94. The molecule has 108 valence electrons. The highest BCUT2D eigenvalue weighted by Crippen LogP contribution is 2.17. The van der Waals surface area contributed by atoms with Gasteiger partial charge in [-0.3, -0.25) is 4.90 Å². The van der Waals surface area contributed by atoms with Crippen LogP contribution in [-0.2, 0) is 11.3 Å². The summed E-state index contributed by atoms with van der Waals surface area (Å²) >= 11 is 0. The molecule has 6 nitrogen and oxygen atoms in total. The molecule has 1 aliphatic rings. The van der Waals surface area contributed by atoms with Gasteiger partial charge in [-0.25, -0.2) is 4.98 Å². The molecule has 19 heavy (non-hydrogen) atoms. The van der Waals surface area contributed by atoms with Crippen LogP contribution in [0.4, 0.5) is 0 Å². The van der Waals surface area contributed by atoms with Crippen LogP contribution in [0.5, 0.6) is 0 Å². The van der Waals surface area contributed by atoms with E-state index in [9.17, 15) is 10.2 Å². The van der Waals surface area contributed by atoms with E-state index < -0.39 is 12.2 Å². The molecule has 3 N–H and O–H groups in total. The highest BCUT2D eigenvalue weighted by atomic mass is 16.5. The molecule has 6 heteroatoms. The molecule has 1 aromatic rings. The maximum Gasteiger partial charge on any atom is 0.104 e. The predicted octanol–water partition coefficient (Wildman–Crippen LogP) is -0.0101. The summed E-state index contributed by atoms with van der Waals surface area (Å²) in [7, 11) is 0.